The maximum atomic E-state index is 5.95. The third kappa shape index (κ3) is 11.9. The van der Waals surface area contributed by atoms with Gasteiger partial charge in [-0.05, 0) is 61.9 Å². The number of aromatic nitrogens is 4. The summed E-state index contributed by atoms with van der Waals surface area (Å²) in [4.78, 5) is 9.22. The predicted octanol–water partition coefficient (Wildman–Crippen LogP) is 7.87. The molecule has 2 heterocycles. The van der Waals surface area contributed by atoms with Crippen molar-refractivity contribution in [3.63, 3.8) is 0 Å². The average Bonchev–Trinajstić information content (AvgIpc) is 3.34. The first-order valence-electron chi connectivity index (χ1n) is 14.8. The van der Waals surface area contributed by atoms with Gasteiger partial charge in [-0.2, -0.15) is 0 Å². The van der Waals surface area contributed by atoms with Crippen molar-refractivity contribution in [2.45, 2.75) is 110 Å². The van der Waals surface area contributed by atoms with Crippen LogP contribution in [0.5, 0.6) is 5.75 Å². The van der Waals surface area contributed by atoms with E-state index in [1.807, 2.05) is 24.5 Å². The summed E-state index contributed by atoms with van der Waals surface area (Å²) in [6.45, 7) is 4.17. The van der Waals surface area contributed by atoms with E-state index >= 15 is 0 Å². The van der Waals surface area contributed by atoms with Gasteiger partial charge in [0.05, 0.1) is 20.2 Å². The predicted molar refractivity (Wildman–Crippen MR) is 153 cm³/mol. The molecule has 0 amide bonds. The van der Waals surface area contributed by atoms with E-state index in [0.717, 1.165) is 43.1 Å². The van der Waals surface area contributed by atoms with Crippen molar-refractivity contribution in [1.29, 1.82) is 0 Å². The molecule has 1 aromatic carbocycles. The Bertz CT molecular complexity index is 965. The zero-order valence-electron chi connectivity index (χ0n) is 23.4. The number of hydrogen-bond donors (Lipinski definition) is 0. The first kappa shape index (κ1) is 28.9. The molecular weight excluding hydrogens is 456 g/mol. The second-order valence-electron chi connectivity index (χ2n) is 10.5. The zero-order valence-corrected chi connectivity index (χ0v) is 23.4. The Balaban J connectivity index is 1.22. The zero-order chi connectivity index (χ0) is 26.0. The van der Waals surface area contributed by atoms with Crippen LogP contribution in [0.1, 0.15) is 102 Å². The van der Waals surface area contributed by atoms with Crippen molar-refractivity contribution >= 4 is 0 Å². The van der Waals surface area contributed by atoms with E-state index in [1.165, 1.54) is 89.0 Å². The number of aryl methyl sites for hydroxylation is 3. The molecule has 0 fully saturated rings. The largest absolute Gasteiger partial charge is 0.494 e. The molecule has 0 saturated carbocycles. The maximum Gasteiger partial charge on any atom is 0.243 e. The molecule has 0 saturated heterocycles. The molecule has 3 rings (SSSR count). The summed E-state index contributed by atoms with van der Waals surface area (Å²) in [5, 5.41) is 0. The number of hydrogen-bond acceptors (Lipinski definition) is 3. The highest BCUT2D eigenvalue weighted by atomic mass is 16.5. The number of nitrogens with zero attached hydrogens (tertiary/aromatic N) is 4. The molecule has 202 valence electrons. The van der Waals surface area contributed by atoms with Crippen LogP contribution in [-0.2, 0) is 20.0 Å². The van der Waals surface area contributed by atoms with Crippen LogP contribution in [0.15, 0.2) is 55.4 Å². The molecule has 0 N–H and O–H groups in total. The number of rotatable bonds is 20. The van der Waals surface area contributed by atoms with Gasteiger partial charge in [-0.25, -0.2) is 19.1 Å². The van der Waals surface area contributed by atoms with Crippen LogP contribution in [0, 0.1) is 0 Å². The van der Waals surface area contributed by atoms with Crippen molar-refractivity contribution in [2.24, 2.45) is 7.05 Å². The van der Waals surface area contributed by atoms with E-state index in [0.29, 0.717) is 0 Å². The van der Waals surface area contributed by atoms with E-state index in [9.17, 15) is 0 Å². The van der Waals surface area contributed by atoms with Gasteiger partial charge in [0.1, 0.15) is 18.1 Å². The fraction of sp³-hybridized carbons (Fsp3) is 0.594. The number of imidazole rings is 1. The second-order valence-corrected chi connectivity index (χ2v) is 10.5. The monoisotopic (exact) mass is 505 g/mol. The third-order valence-electron chi connectivity index (χ3n) is 7.04. The smallest absolute Gasteiger partial charge is 0.243 e. The van der Waals surface area contributed by atoms with E-state index in [1.54, 1.807) is 0 Å². The lowest BCUT2D eigenvalue weighted by Crippen LogP contribution is -2.23. The summed E-state index contributed by atoms with van der Waals surface area (Å²) in [5.74, 6) is 1.71. The first-order chi connectivity index (χ1) is 18.2. The van der Waals surface area contributed by atoms with Gasteiger partial charge < -0.3 is 4.74 Å². The molecule has 37 heavy (non-hydrogen) atoms. The molecule has 0 radical (unpaired) electrons. The molecule has 0 atom stereocenters. The van der Waals surface area contributed by atoms with E-state index in [2.05, 4.69) is 63.9 Å². The summed E-state index contributed by atoms with van der Waals surface area (Å²) in [7, 11) is 2.07. The van der Waals surface area contributed by atoms with Gasteiger partial charge in [0.15, 0.2) is 5.82 Å². The van der Waals surface area contributed by atoms with Crippen LogP contribution < -0.4 is 9.30 Å². The minimum atomic E-state index is 0.781. The molecule has 5 nitrogen and oxygen atoms in total. The minimum Gasteiger partial charge on any atom is -0.494 e. The van der Waals surface area contributed by atoms with Crippen molar-refractivity contribution in [1.82, 2.24) is 14.5 Å². The van der Waals surface area contributed by atoms with Gasteiger partial charge in [-0.3, -0.25) is 0 Å². The maximum absolute atomic E-state index is 5.95. The quantitative estimate of drug-likeness (QED) is 0.116. The molecule has 0 aliphatic carbocycles. The average molecular weight is 506 g/mol. The molecule has 0 unspecified atom stereocenters. The lowest BCUT2D eigenvalue weighted by Gasteiger charge is -2.07. The van der Waals surface area contributed by atoms with Crippen molar-refractivity contribution in [3.05, 3.63) is 60.9 Å². The molecular formula is C32H49N4O+. The van der Waals surface area contributed by atoms with Crippen LogP contribution in [0.2, 0.25) is 0 Å². The molecule has 5 heteroatoms. The molecule has 2 aromatic heterocycles. The highest BCUT2D eigenvalue weighted by Gasteiger charge is 2.04. The highest BCUT2D eigenvalue weighted by molar-refractivity contribution is 5.55. The number of benzene rings is 1. The normalized spacial score (nSPS) is 11.2. The third-order valence-corrected chi connectivity index (χ3v) is 7.04. The standard InChI is InChI=1S/C32H49N4O/c1-3-4-5-6-7-8-11-14-17-29-26-33-32(34-27-29)30-18-20-31(21-19-30)37-25-16-13-10-9-12-15-22-36-24-23-35(2)28-36/h18-21,23-24,26-28H,3-17,22,25H2,1-2H3/q+1. The number of unbranched alkanes of at least 4 members (excludes halogenated alkanes) is 12. The lowest BCUT2D eigenvalue weighted by molar-refractivity contribution is -0.671. The van der Waals surface area contributed by atoms with Gasteiger partial charge in [-0.1, -0.05) is 71.1 Å². The van der Waals surface area contributed by atoms with Crippen molar-refractivity contribution < 1.29 is 9.30 Å². The topological polar surface area (TPSA) is 43.8 Å². The van der Waals surface area contributed by atoms with Crippen LogP contribution in [0.4, 0.5) is 0 Å². The van der Waals surface area contributed by atoms with Gasteiger partial charge in [0, 0.05) is 18.0 Å². The second kappa shape index (κ2) is 17.7. The Hall–Kier alpha value is -2.69. The lowest BCUT2D eigenvalue weighted by atomic mass is 10.1. The molecule has 0 spiro atoms. The Kier molecular flexibility index (Phi) is 13.8. The first-order valence-corrected chi connectivity index (χ1v) is 14.8. The Labute approximate surface area is 225 Å². The van der Waals surface area contributed by atoms with Crippen molar-refractivity contribution in [2.75, 3.05) is 6.61 Å². The fourth-order valence-corrected chi connectivity index (χ4v) is 4.72. The van der Waals surface area contributed by atoms with Crippen LogP contribution in [0.25, 0.3) is 11.4 Å². The van der Waals surface area contributed by atoms with Crippen LogP contribution in [0.3, 0.4) is 0 Å². The Morgan fingerprint density at radius 1 is 0.757 bits per heavy atom. The molecule has 0 aliphatic rings. The van der Waals surface area contributed by atoms with Gasteiger partial charge in [0.2, 0.25) is 6.33 Å². The minimum absolute atomic E-state index is 0.781. The fourth-order valence-electron chi connectivity index (χ4n) is 4.72. The highest BCUT2D eigenvalue weighted by Crippen LogP contribution is 2.20. The summed E-state index contributed by atoms with van der Waals surface area (Å²) in [5.41, 5.74) is 2.28. The Morgan fingerprint density at radius 2 is 1.38 bits per heavy atom. The summed E-state index contributed by atoms with van der Waals surface area (Å²) < 4.78 is 10.3. The summed E-state index contributed by atoms with van der Waals surface area (Å²) in [6, 6.07) is 8.20. The van der Waals surface area contributed by atoms with Gasteiger partial charge >= 0.3 is 0 Å². The molecule has 0 aliphatic heterocycles. The van der Waals surface area contributed by atoms with Crippen LogP contribution in [-0.4, -0.2) is 21.1 Å². The van der Waals surface area contributed by atoms with Crippen molar-refractivity contribution in [3.8, 4) is 17.1 Å². The molecule has 0 bridgehead atoms. The summed E-state index contributed by atoms with van der Waals surface area (Å²) >= 11 is 0. The van der Waals surface area contributed by atoms with Gasteiger partial charge in [0.25, 0.3) is 0 Å². The molecule has 3 aromatic rings. The SMILES string of the molecule is CCCCCCCCCCc1cnc(-c2ccc(OCCCCCCCCn3cc[n+](C)c3)cc2)nc1. The van der Waals surface area contributed by atoms with E-state index < -0.39 is 0 Å². The number of ether oxygens (including phenoxy) is 1. The van der Waals surface area contributed by atoms with E-state index in [4.69, 9.17) is 4.74 Å². The van der Waals surface area contributed by atoms with Gasteiger partial charge in [-0.15, -0.1) is 0 Å². The van der Waals surface area contributed by atoms with Crippen LogP contribution >= 0.6 is 0 Å². The summed E-state index contributed by atoms with van der Waals surface area (Å²) in [6.07, 6.45) is 29.7. The Morgan fingerprint density at radius 3 is 2.03 bits per heavy atom. The van der Waals surface area contributed by atoms with E-state index in [-0.39, 0.29) is 0 Å².